The molecule has 15 heavy (non-hydrogen) atoms. The molecular weight excluding hydrogens is 184 g/mol. The fourth-order valence-corrected chi connectivity index (χ4v) is 1.66. The van der Waals surface area contributed by atoms with Gasteiger partial charge in [-0.2, -0.15) is 0 Å². The van der Waals surface area contributed by atoms with Crippen molar-refractivity contribution >= 4 is 0 Å². The van der Waals surface area contributed by atoms with Gasteiger partial charge in [0.05, 0.1) is 6.10 Å². The van der Waals surface area contributed by atoms with Crippen LogP contribution in [0, 0.1) is 5.92 Å². The van der Waals surface area contributed by atoms with Crippen molar-refractivity contribution in [2.75, 3.05) is 0 Å². The van der Waals surface area contributed by atoms with Crippen LogP contribution in [0.3, 0.4) is 0 Å². The van der Waals surface area contributed by atoms with Gasteiger partial charge in [0, 0.05) is 5.92 Å². The van der Waals surface area contributed by atoms with E-state index in [2.05, 4.69) is 32.6 Å². The first kappa shape index (κ1) is 12.0. The minimum atomic E-state index is -0.291. The van der Waals surface area contributed by atoms with E-state index in [1.54, 1.807) is 0 Å². The minimum absolute atomic E-state index is 0.189. The molecule has 0 amide bonds. The molecule has 1 rings (SSSR count). The molecule has 0 bridgehead atoms. The van der Waals surface area contributed by atoms with Gasteiger partial charge >= 0.3 is 0 Å². The molecule has 82 valence electrons. The topological polar surface area (TPSA) is 20.2 Å². The van der Waals surface area contributed by atoms with Gasteiger partial charge in [-0.1, -0.05) is 50.3 Å². The zero-order chi connectivity index (χ0) is 11.3. The second kappa shape index (κ2) is 5.72. The lowest BCUT2D eigenvalue weighted by molar-refractivity contribution is 0.129. The summed E-state index contributed by atoms with van der Waals surface area (Å²) in [4.78, 5) is 0. The second-order valence-electron chi connectivity index (χ2n) is 4.22. The van der Waals surface area contributed by atoms with E-state index in [0.29, 0.717) is 5.92 Å². The van der Waals surface area contributed by atoms with E-state index in [1.165, 1.54) is 5.56 Å². The molecule has 0 radical (unpaired) electrons. The van der Waals surface area contributed by atoms with Crippen LogP contribution in [0.4, 0.5) is 0 Å². The molecule has 0 fully saturated rings. The molecule has 1 aromatic carbocycles. The van der Waals surface area contributed by atoms with E-state index in [1.807, 2.05) is 24.3 Å². The maximum absolute atomic E-state index is 10.0. The lowest BCUT2D eigenvalue weighted by Gasteiger charge is -2.21. The molecule has 0 aliphatic rings. The lowest BCUT2D eigenvalue weighted by atomic mass is 9.90. The molecular formula is C14H20O. The molecule has 0 spiro atoms. The third-order valence-corrected chi connectivity index (χ3v) is 2.92. The van der Waals surface area contributed by atoms with Crippen LogP contribution in [0.15, 0.2) is 43.0 Å². The van der Waals surface area contributed by atoms with Gasteiger partial charge in [-0.3, -0.25) is 0 Å². The molecule has 1 aromatic rings. The molecule has 0 aliphatic heterocycles. The molecule has 0 aliphatic carbocycles. The van der Waals surface area contributed by atoms with E-state index in [4.69, 9.17) is 0 Å². The molecule has 1 nitrogen and oxygen atoms in total. The van der Waals surface area contributed by atoms with E-state index in [-0.39, 0.29) is 12.0 Å². The van der Waals surface area contributed by atoms with Gasteiger partial charge in [-0.15, -0.1) is 6.58 Å². The molecule has 1 heteroatoms. The maximum Gasteiger partial charge on any atom is 0.0611 e. The normalized spacial score (nSPS) is 16.7. The van der Waals surface area contributed by atoms with Crippen LogP contribution in [-0.4, -0.2) is 11.2 Å². The van der Waals surface area contributed by atoms with Gasteiger partial charge in [0.15, 0.2) is 0 Å². The van der Waals surface area contributed by atoms with Gasteiger partial charge in [-0.05, 0) is 17.9 Å². The maximum atomic E-state index is 10.0. The highest BCUT2D eigenvalue weighted by atomic mass is 16.3. The van der Waals surface area contributed by atoms with Gasteiger partial charge in [0.2, 0.25) is 0 Å². The van der Waals surface area contributed by atoms with E-state index < -0.39 is 0 Å². The Labute approximate surface area is 92.5 Å². The van der Waals surface area contributed by atoms with Gasteiger partial charge in [-0.25, -0.2) is 0 Å². The lowest BCUT2D eigenvalue weighted by Crippen LogP contribution is -2.18. The van der Waals surface area contributed by atoms with Crippen molar-refractivity contribution in [3.63, 3.8) is 0 Å². The Morgan fingerprint density at radius 1 is 1.27 bits per heavy atom. The van der Waals surface area contributed by atoms with Gasteiger partial charge in [0.25, 0.3) is 0 Å². The Hall–Kier alpha value is -1.08. The summed E-state index contributed by atoms with van der Waals surface area (Å²) in [6.45, 7) is 7.88. The van der Waals surface area contributed by atoms with Crippen LogP contribution >= 0.6 is 0 Å². The summed E-state index contributed by atoms with van der Waals surface area (Å²) in [5.41, 5.74) is 1.20. The van der Waals surface area contributed by atoms with Crippen molar-refractivity contribution in [2.45, 2.75) is 32.3 Å². The van der Waals surface area contributed by atoms with Gasteiger partial charge in [0.1, 0.15) is 0 Å². The Morgan fingerprint density at radius 3 is 2.40 bits per heavy atom. The number of benzene rings is 1. The first-order valence-electron chi connectivity index (χ1n) is 5.50. The second-order valence-corrected chi connectivity index (χ2v) is 4.22. The average Bonchev–Trinajstić information content (AvgIpc) is 2.29. The van der Waals surface area contributed by atoms with E-state index in [9.17, 15) is 5.11 Å². The average molecular weight is 204 g/mol. The minimum Gasteiger partial charge on any atom is -0.392 e. The number of hydrogen-bond acceptors (Lipinski definition) is 1. The molecule has 3 atom stereocenters. The Balaban J connectivity index is 2.60. The third kappa shape index (κ3) is 3.52. The summed E-state index contributed by atoms with van der Waals surface area (Å²) in [5, 5.41) is 10.0. The van der Waals surface area contributed by atoms with Crippen molar-refractivity contribution in [3.05, 3.63) is 48.6 Å². The summed E-state index contributed by atoms with van der Waals surface area (Å²) in [6, 6.07) is 10.1. The van der Waals surface area contributed by atoms with Crippen LogP contribution in [0.25, 0.3) is 0 Å². The molecule has 0 heterocycles. The van der Waals surface area contributed by atoms with E-state index in [0.717, 1.165) is 6.42 Å². The third-order valence-electron chi connectivity index (χ3n) is 2.92. The van der Waals surface area contributed by atoms with Crippen molar-refractivity contribution in [1.82, 2.24) is 0 Å². The highest BCUT2D eigenvalue weighted by Crippen LogP contribution is 2.23. The predicted molar refractivity (Wildman–Crippen MR) is 64.8 cm³/mol. The summed E-state index contributed by atoms with van der Waals surface area (Å²) in [7, 11) is 0. The van der Waals surface area contributed by atoms with Crippen LogP contribution in [0.5, 0.6) is 0 Å². The van der Waals surface area contributed by atoms with E-state index >= 15 is 0 Å². The number of rotatable bonds is 5. The van der Waals surface area contributed by atoms with Crippen LogP contribution in [-0.2, 0) is 0 Å². The number of aliphatic hydroxyl groups is 1. The first-order valence-corrected chi connectivity index (χ1v) is 5.50. The fraction of sp³-hybridized carbons (Fsp3) is 0.429. The molecule has 0 unspecified atom stereocenters. The number of hydrogen-bond donors (Lipinski definition) is 1. The van der Waals surface area contributed by atoms with Crippen molar-refractivity contribution in [2.24, 2.45) is 5.92 Å². The number of aliphatic hydroxyl groups excluding tert-OH is 1. The van der Waals surface area contributed by atoms with Crippen molar-refractivity contribution in [3.8, 4) is 0 Å². The fourth-order valence-electron chi connectivity index (χ4n) is 1.66. The highest BCUT2D eigenvalue weighted by molar-refractivity contribution is 5.19. The van der Waals surface area contributed by atoms with Crippen molar-refractivity contribution in [1.29, 1.82) is 0 Å². The summed E-state index contributed by atoms with van der Waals surface area (Å²) < 4.78 is 0. The molecule has 0 saturated heterocycles. The quantitative estimate of drug-likeness (QED) is 0.729. The number of allylic oxidation sites excluding steroid dienone is 1. The molecule has 0 saturated carbocycles. The largest absolute Gasteiger partial charge is 0.392 e. The van der Waals surface area contributed by atoms with Crippen LogP contribution < -0.4 is 0 Å². The predicted octanol–water partition coefficient (Wildman–Crippen LogP) is 3.36. The zero-order valence-corrected chi connectivity index (χ0v) is 9.56. The summed E-state index contributed by atoms with van der Waals surface area (Å²) in [5.74, 6) is 0.555. The Kier molecular flexibility index (Phi) is 4.57. The summed E-state index contributed by atoms with van der Waals surface area (Å²) >= 11 is 0. The SMILES string of the molecule is C=C[C@@H](C)C[C@@H](O)[C@@H](C)c1ccccc1. The monoisotopic (exact) mass is 204 g/mol. The van der Waals surface area contributed by atoms with Crippen molar-refractivity contribution < 1.29 is 5.11 Å². The zero-order valence-electron chi connectivity index (χ0n) is 9.56. The Morgan fingerprint density at radius 2 is 1.87 bits per heavy atom. The van der Waals surface area contributed by atoms with Crippen LogP contribution in [0.1, 0.15) is 31.7 Å². The van der Waals surface area contributed by atoms with Gasteiger partial charge < -0.3 is 5.11 Å². The molecule has 0 aromatic heterocycles. The summed E-state index contributed by atoms with van der Waals surface area (Å²) in [6.07, 6.45) is 2.38. The highest BCUT2D eigenvalue weighted by Gasteiger charge is 2.17. The van der Waals surface area contributed by atoms with Crippen LogP contribution in [0.2, 0.25) is 0 Å². The first-order chi connectivity index (χ1) is 7.15. The standard InChI is InChI=1S/C14H20O/c1-4-11(2)10-14(15)12(3)13-8-6-5-7-9-13/h4-9,11-12,14-15H,1,10H2,2-3H3/t11-,12+,14-/m1/s1. The smallest absolute Gasteiger partial charge is 0.0611 e. The Bertz CT molecular complexity index is 291. The molecule has 1 N–H and O–H groups in total.